The van der Waals surface area contributed by atoms with E-state index < -0.39 is 6.10 Å². The Morgan fingerprint density at radius 3 is 1.45 bits per heavy atom. The maximum atomic E-state index is 11.8. The minimum Gasteiger partial charge on any atom is -0.462 e. The molecule has 0 heterocycles. The predicted molar refractivity (Wildman–Crippen MR) is 127 cm³/mol. The molecule has 0 aromatic carbocycles. The first-order chi connectivity index (χ1) is 15.1. The molecule has 1 unspecified atom stereocenters. The van der Waals surface area contributed by atoms with Gasteiger partial charge in [-0.05, 0) is 6.42 Å². The Balaban J connectivity index is 3.34. The van der Waals surface area contributed by atoms with Crippen molar-refractivity contribution in [2.75, 3.05) is 13.2 Å². The normalized spacial score (nSPS) is 12.0. The molecule has 5 heteroatoms. The summed E-state index contributed by atoms with van der Waals surface area (Å²) in [6, 6.07) is 0. The van der Waals surface area contributed by atoms with Crippen LogP contribution in [0.5, 0.6) is 0 Å². The average Bonchev–Trinajstić information content (AvgIpc) is 2.78. The Bertz CT molecular complexity index is 411. The first-order valence-corrected chi connectivity index (χ1v) is 13.1. The van der Waals surface area contributed by atoms with Crippen LogP contribution in [-0.4, -0.2) is 36.4 Å². The Morgan fingerprint density at radius 2 is 1.06 bits per heavy atom. The van der Waals surface area contributed by atoms with Gasteiger partial charge in [-0.2, -0.15) is 0 Å². The Labute approximate surface area is 191 Å². The van der Waals surface area contributed by atoms with E-state index in [1.165, 1.54) is 89.9 Å². The quantitative estimate of drug-likeness (QED) is 0.138. The van der Waals surface area contributed by atoms with Crippen molar-refractivity contribution in [3.05, 3.63) is 0 Å². The summed E-state index contributed by atoms with van der Waals surface area (Å²) in [5.41, 5.74) is 0. The number of hydrogen-bond acceptors (Lipinski definition) is 5. The molecule has 31 heavy (non-hydrogen) atoms. The van der Waals surface area contributed by atoms with E-state index in [1.54, 1.807) is 6.92 Å². The summed E-state index contributed by atoms with van der Waals surface area (Å²) in [6.07, 6.45) is 22.1. The van der Waals surface area contributed by atoms with Crippen LogP contribution in [0.2, 0.25) is 0 Å². The van der Waals surface area contributed by atoms with E-state index in [0.29, 0.717) is 6.42 Å². The molecule has 0 bridgehead atoms. The fourth-order valence-corrected chi connectivity index (χ4v) is 3.65. The number of unbranched alkanes of at least 4 members (excludes halogenated alkanes) is 16. The first kappa shape index (κ1) is 29.9. The maximum absolute atomic E-state index is 11.8. The summed E-state index contributed by atoms with van der Waals surface area (Å²) in [6.45, 7) is 3.56. The van der Waals surface area contributed by atoms with Crippen molar-refractivity contribution in [1.29, 1.82) is 0 Å². The zero-order valence-electron chi connectivity index (χ0n) is 20.5. The molecule has 0 rings (SSSR count). The highest BCUT2D eigenvalue weighted by molar-refractivity contribution is 5.70. The monoisotopic (exact) mass is 442 g/mol. The second kappa shape index (κ2) is 23.6. The van der Waals surface area contributed by atoms with Crippen molar-refractivity contribution in [3.8, 4) is 0 Å². The molecule has 0 radical (unpaired) electrons. The van der Waals surface area contributed by atoms with Crippen molar-refractivity contribution < 1.29 is 24.2 Å². The number of hydrogen-bond donors (Lipinski definition) is 1. The van der Waals surface area contributed by atoms with Gasteiger partial charge in [-0.1, -0.05) is 117 Å². The van der Waals surface area contributed by atoms with Crippen molar-refractivity contribution in [1.82, 2.24) is 0 Å². The lowest BCUT2D eigenvalue weighted by Gasteiger charge is -2.15. The number of rotatable bonds is 23. The van der Waals surface area contributed by atoms with Gasteiger partial charge in [0.05, 0.1) is 6.61 Å². The molecule has 184 valence electrons. The van der Waals surface area contributed by atoms with Crippen LogP contribution in [0.25, 0.3) is 0 Å². The third-order valence-corrected chi connectivity index (χ3v) is 5.71. The van der Waals surface area contributed by atoms with Crippen LogP contribution < -0.4 is 0 Å². The largest absolute Gasteiger partial charge is 0.462 e. The molecular formula is C26H50O5. The van der Waals surface area contributed by atoms with Crippen molar-refractivity contribution in [3.63, 3.8) is 0 Å². The Hall–Kier alpha value is -1.10. The lowest BCUT2D eigenvalue weighted by atomic mass is 10.0. The molecule has 0 saturated heterocycles. The van der Waals surface area contributed by atoms with Crippen LogP contribution in [0.3, 0.4) is 0 Å². The molecule has 1 atom stereocenters. The van der Waals surface area contributed by atoms with Crippen LogP contribution in [0.15, 0.2) is 0 Å². The summed E-state index contributed by atoms with van der Waals surface area (Å²) >= 11 is 0. The SMILES string of the molecule is CCCCCCCCCCCCCCCCCCCC(=O)OC(CO)COC(=O)CC. The third kappa shape index (κ3) is 21.9. The summed E-state index contributed by atoms with van der Waals surface area (Å²) in [5.74, 6) is -0.685. The second-order valence-electron chi connectivity index (χ2n) is 8.74. The van der Waals surface area contributed by atoms with Crippen molar-refractivity contribution in [2.24, 2.45) is 0 Å². The highest BCUT2D eigenvalue weighted by Gasteiger charge is 2.15. The standard InChI is InChI=1S/C26H50O5/c1-3-5-6-7-8-9-10-11-12-13-14-15-16-17-18-19-20-21-26(29)31-24(22-27)23-30-25(28)4-2/h24,27H,3-23H2,1-2H3. The van der Waals surface area contributed by atoms with Crippen LogP contribution >= 0.6 is 0 Å². The lowest BCUT2D eigenvalue weighted by molar-refractivity contribution is -0.161. The van der Waals surface area contributed by atoms with Gasteiger partial charge in [0.1, 0.15) is 6.61 Å². The van der Waals surface area contributed by atoms with E-state index in [9.17, 15) is 14.7 Å². The molecule has 0 saturated carbocycles. The fourth-order valence-electron chi connectivity index (χ4n) is 3.65. The molecule has 0 aliphatic carbocycles. The minimum atomic E-state index is -0.756. The van der Waals surface area contributed by atoms with Gasteiger partial charge in [0.15, 0.2) is 6.10 Å². The summed E-state index contributed by atoms with van der Waals surface area (Å²) in [4.78, 5) is 22.9. The smallest absolute Gasteiger partial charge is 0.306 e. The Kier molecular flexibility index (Phi) is 22.7. The molecule has 1 N–H and O–H groups in total. The number of carbonyl (C=O) groups excluding carboxylic acids is 2. The van der Waals surface area contributed by atoms with Crippen LogP contribution in [0.1, 0.15) is 136 Å². The molecule has 0 spiro atoms. The van der Waals surface area contributed by atoms with Crippen molar-refractivity contribution in [2.45, 2.75) is 142 Å². The zero-order chi connectivity index (χ0) is 23.0. The zero-order valence-corrected chi connectivity index (χ0v) is 20.5. The summed E-state index contributed by atoms with van der Waals surface area (Å²) in [5, 5.41) is 9.21. The number of esters is 2. The number of aliphatic hydroxyl groups excluding tert-OH is 1. The number of aliphatic hydroxyl groups is 1. The van der Waals surface area contributed by atoms with E-state index in [0.717, 1.165) is 19.3 Å². The highest BCUT2D eigenvalue weighted by Crippen LogP contribution is 2.14. The highest BCUT2D eigenvalue weighted by atomic mass is 16.6. The van der Waals surface area contributed by atoms with Crippen molar-refractivity contribution >= 4 is 11.9 Å². The second-order valence-corrected chi connectivity index (χ2v) is 8.74. The third-order valence-electron chi connectivity index (χ3n) is 5.71. The predicted octanol–water partition coefficient (Wildman–Crippen LogP) is 6.89. The lowest BCUT2D eigenvalue weighted by Crippen LogP contribution is -2.28. The summed E-state index contributed by atoms with van der Waals surface area (Å²) in [7, 11) is 0. The van der Waals surface area contributed by atoms with Crippen LogP contribution in [0.4, 0.5) is 0 Å². The first-order valence-electron chi connectivity index (χ1n) is 13.1. The van der Waals surface area contributed by atoms with Gasteiger partial charge in [0.25, 0.3) is 0 Å². The fraction of sp³-hybridized carbons (Fsp3) is 0.923. The van der Waals surface area contributed by atoms with Gasteiger partial charge in [-0.3, -0.25) is 9.59 Å². The minimum absolute atomic E-state index is 0.0754. The van der Waals surface area contributed by atoms with E-state index in [1.807, 2.05) is 0 Å². The maximum Gasteiger partial charge on any atom is 0.306 e. The van der Waals surface area contributed by atoms with Crippen LogP contribution in [0, 0.1) is 0 Å². The van der Waals surface area contributed by atoms with Gasteiger partial charge in [-0.15, -0.1) is 0 Å². The topological polar surface area (TPSA) is 72.8 Å². The van der Waals surface area contributed by atoms with E-state index in [4.69, 9.17) is 9.47 Å². The van der Waals surface area contributed by atoms with E-state index in [-0.39, 0.29) is 31.6 Å². The van der Waals surface area contributed by atoms with Gasteiger partial charge in [-0.25, -0.2) is 0 Å². The Morgan fingerprint density at radius 1 is 0.645 bits per heavy atom. The summed E-state index contributed by atoms with van der Waals surface area (Å²) < 4.78 is 10.1. The molecule has 0 aliphatic rings. The number of ether oxygens (including phenoxy) is 2. The molecule has 5 nitrogen and oxygen atoms in total. The average molecular weight is 443 g/mol. The molecule has 0 fully saturated rings. The molecular weight excluding hydrogens is 392 g/mol. The number of carbonyl (C=O) groups is 2. The van der Waals surface area contributed by atoms with Gasteiger partial charge in [0.2, 0.25) is 0 Å². The molecule has 0 aromatic heterocycles. The van der Waals surface area contributed by atoms with Gasteiger partial charge in [0, 0.05) is 12.8 Å². The van der Waals surface area contributed by atoms with E-state index in [2.05, 4.69) is 6.92 Å². The molecule has 0 aliphatic heterocycles. The van der Waals surface area contributed by atoms with Crippen LogP contribution in [-0.2, 0) is 19.1 Å². The molecule has 0 aromatic rings. The van der Waals surface area contributed by atoms with Gasteiger partial charge < -0.3 is 14.6 Å². The van der Waals surface area contributed by atoms with E-state index >= 15 is 0 Å². The van der Waals surface area contributed by atoms with Gasteiger partial charge >= 0.3 is 11.9 Å². The molecule has 0 amide bonds.